The van der Waals surface area contributed by atoms with Gasteiger partial charge in [0.2, 0.25) is 5.91 Å². The Labute approximate surface area is 172 Å². The van der Waals surface area contributed by atoms with Gasteiger partial charge in [-0.1, -0.05) is 12.1 Å². The average molecular weight is 445 g/mol. The molecule has 0 aliphatic carbocycles. The summed E-state index contributed by atoms with van der Waals surface area (Å²) in [6.45, 7) is 4.19. The number of alkyl halides is 3. The van der Waals surface area contributed by atoms with Gasteiger partial charge in [-0.25, -0.2) is 0 Å². The number of hydrogen-bond acceptors (Lipinski definition) is 4. The number of rotatable bonds is 4. The summed E-state index contributed by atoms with van der Waals surface area (Å²) in [6.07, 6.45) is -2.93. The molecule has 8 nitrogen and oxygen atoms in total. The smallest absolute Gasteiger partial charge is 0.324 e. The molecule has 30 heavy (non-hydrogen) atoms. The molecule has 164 valence electrons. The Morgan fingerprint density at radius 2 is 2.00 bits per heavy atom. The van der Waals surface area contributed by atoms with E-state index in [0.29, 0.717) is 17.8 Å². The maximum absolute atomic E-state index is 13.2. The van der Waals surface area contributed by atoms with E-state index < -0.39 is 45.6 Å². The van der Waals surface area contributed by atoms with Gasteiger partial charge in [-0.15, -0.1) is 0 Å². The highest BCUT2D eigenvalue weighted by molar-refractivity contribution is 7.87. The van der Waals surface area contributed by atoms with E-state index in [0.717, 1.165) is 16.4 Å². The fourth-order valence-electron chi connectivity index (χ4n) is 3.41. The molecule has 0 spiro atoms. The lowest BCUT2D eigenvalue weighted by atomic mass is 10.00. The summed E-state index contributed by atoms with van der Waals surface area (Å²) in [5.74, 6) is -0.843. The lowest BCUT2D eigenvalue weighted by Gasteiger charge is -2.36. The molecule has 0 radical (unpaired) electrons. The number of likely N-dealkylation sites (N-methyl/N-ethyl adjacent to an activating group) is 1. The van der Waals surface area contributed by atoms with E-state index in [1.165, 1.54) is 19.2 Å². The standard InChI is InChI=1S/C18H22F3N5O3S/c1-4-26-10-12(11(2)23-26)15-9-16(25(3)30(28,29)24-15)17(27)22-14-8-6-5-7-13(14)18(19,20)21/h5-8,10,15-16,24H,4,9H2,1-3H3,(H,22,27)/t15-,16-/m1/s1. The minimum atomic E-state index is -4.66. The predicted octanol–water partition coefficient (Wildman–Crippen LogP) is 2.45. The van der Waals surface area contributed by atoms with Crippen LogP contribution in [0.1, 0.15) is 36.2 Å². The third-order valence-corrected chi connectivity index (χ3v) is 6.64. The van der Waals surface area contributed by atoms with Gasteiger partial charge >= 0.3 is 6.18 Å². The molecule has 1 aliphatic heterocycles. The number of nitrogens with zero attached hydrogens (tertiary/aromatic N) is 3. The molecule has 2 N–H and O–H groups in total. The monoisotopic (exact) mass is 445 g/mol. The number of aromatic nitrogens is 2. The highest BCUT2D eigenvalue weighted by Crippen LogP contribution is 2.35. The summed E-state index contributed by atoms with van der Waals surface area (Å²) >= 11 is 0. The van der Waals surface area contributed by atoms with E-state index in [2.05, 4.69) is 15.1 Å². The van der Waals surface area contributed by atoms with Crippen molar-refractivity contribution in [3.8, 4) is 0 Å². The third-order valence-electron chi connectivity index (χ3n) is 5.04. The van der Waals surface area contributed by atoms with Crippen LogP contribution in [0.25, 0.3) is 0 Å². The number of halogens is 3. The van der Waals surface area contributed by atoms with Gasteiger partial charge < -0.3 is 5.32 Å². The molecule has 1 amide bonds. The van der Waals surface area contributed by atoms with Crippen LogP contribution >= 0.6 is 0 Å². The Balaban J connectivity index is 1.90. The molecule has 1 saturated heterocycles. The molecule has 2 atom stereocenters. The zero-order valence-corrected chi connectivity index (χ0v) is 17.4. The van der Waals surface area contributed by atoms with Gasteiger partial charge in [-0.3, -0.25) is 9.48 Å². The molecule has 0 unspecified atom stereocenters. The van der Waals surface area contributed by atoms with Gasteiger partial charge in [-0.2, -0.15) is 35.7 Å². The Morgan fingerprint density at radius 1 is 1.33 bits per heavy atom. The van der Waals surface area contributed by atoms with Crippen LogP contribution in [0.3, 0.4) is 0 Å². The van der Waals surface area contributed by atoms with Crippen LogP contribution in [0.2, 0.25) is 0 Å². The summed E-state index contributed by atoms with van der Waals surface area (Å²) < 4.78 is 69.8. The number of para-hydroxylation sites is 1. The van der Waals surface area contributed by atoms with Crippen LogP contribution in [0.5, 0.6) is 0 Å². The van der Waals surface area contributed by atoms with Crippen molar-refractivity contribution in [3.63, 3.8) is 0 Å². The molecule has 12 heteroatoms. The Morgan fingerprint density at radius 3 is 2.60 bits per heavy atom. The van der Waals surface area contributed by atoms with E-state index in [1.807, 2.05) is 6.92 Å². The summed E-state index contributed by atoms with van der Waals surface area (Å²) in [5.41, 5.74) is -0.210. The normalized spacial score (nSPS) is 22.1. The minimum Gasteiger partial charge on any atom is -0.324 e. The number of anilines is 1. The Kier molecular flexibility index (Phi) is 5.94. The zero-order chi connectivity index (χ0) is 22.3. The van der Waals surface area contributed by atoms with Crippen molar-refractivity contribution in [1.82, 2.24) is 18.8 Å². The molecular weight excluding hydrogens is 423 g/mol. The highest BCUT2D eigenvalue weighted by atomic mass is 32.2. The predicted molar refractivity (Wildman–Crippen MR) is 104 cm³/mol. The summed E-state index contributed by atoms with van der Waals surface area (Å²) in [7, 11) is -2.83. The maximum Gasteiger partial charge on any atom is 0.418 e. The number of aryl methyl sites for hydroxylation is 2. The van der Waals surface area contributed by atoms with E-state index in [4.69, 9.17) is 0 Å². The summed E-state index contributed by atoms with van der Waals surface area (Å²) in [6, 6.07) is 2.61. The molecular formula is C18H22F3N5O3S. The van der Waals surface area contributed by atoms with Crippen molar-refractivity contribution in [1.29, 1.82) is 0 Å². The molecule has 2 heterocycles. The van der Waals surface area contributed by atoms with Gasteiger partial charge in [0.05, 0.1) is 23.0 Å². The minimum absolute atomic E-state index is 0.0337. The number of benzene rings is 1. The third kappa shape index (κ3) is 4.35. The fourth-order valence-corrected chi connectivity index (χ4v) is 4.67. The Bertz CT molecular complexity index is 1050. The first-order valence-corrected chi connectivity index (χ1v) is 10.6. The van der Waals surface area contributed by atoms with Gasteiger partial charge in [0.25, 0.3) is 10.2 Å². The van der Waals surface area contributed by atoms with Crippen LogP contribution in [-0.4, -0.2) is 41.5 Å². The lowest BCUT2D eigenvalue weighted by Crippen LogP contribution is -2.56. The van der Waals surface area contributed by atoms with Crippen LogP contribution in [-0.2, 0) is 27.7 Å². The first-order chi connectivity index (χ1) is 13.9. The molecule has 0 bridgehead atoms. The number of hydrogen-bond donors (Lipinski definition) is 2. The SMILES string of the molecule is CCn1cc([C@H]2C[C@H](C(=O)Nc3ccccc3C(F)(F)F)N(C)S(=O)(=O)N2)c(C)n1. The van der Waals surface area contributed by atoms with E-state index >= 15 is 0 Å². The number of amides is 1. The first-order valence-electron chi connectivity index (χ1n) is 9.20. The van der Waals surface area contributed by atoms with Crippen LogP contribution in [0.15, 0.2) is 30.5 Å². The van der Waals surface area contributed by atoms with Gasteiger partial charge in [0, 0.05) is 25.4 Å². The molecule has 1 aliphatic rings. The molecule has 1 aromatic carbocycles. The van der Waals surface area contributed by atoms with Crippen molar-refractivity contribution in [3.05, 3.63) is 47.3 Å². The molecule has 0 saturated carbocycles. The maximum atomic E-state index is 13.2. The fraction of sp³-hybridized carbons (Fsp3) is 0.444. The molecule has 1 fully saturated rings. The second-order valence-electron chi connectivity index (χ2n) is 7.00. The van der Waals surface area contributed by atoms with Gasteiger partial charge in [-0.05, 0) is 32.4 Å². The van der Waals surface area contributed by atoms with Crippen molar-refractivity contribution in [2.45, 2.75) is 45.1 Å². The van der Waals surface area contributed by atoms with Crippen molar-refractivity contribution < 1.29 is 26.4 Å². The summed E-state index contributed by atoms with van der Waals surface area (Å²) in [5, 5.41) is 6.53. The molecule has 3 rings (SSSR count). The van der Waals surface area contributed by atoms with Crippen LogP contribution in [0, 0.1) is 6.92 Å². The molecule has 1 aromatic heterocycles. The van der Waals surface area contributed by atoms with Crippen molar-refractivity contribution in [2.24, 2.45) is 0 Å². The van der Waals surface area contributed by atoms with Gasteiger partial charge in [0.1, 0.15) is 6.04 Å². The van der Waals surface area contributed by atoms with Crippen molar-refractivity contribution in [2.75, 3.05) is 12.4 Å². The molecule has 2 aromatic rings. The number of carbonyl (C=O) groups excluding carboxylic acids is 1. The van der Waals surface area contributed by atoms with Crippen LogP contribution in [0.4, 0.5) is 18.9 Å². The van der Waals surface area contributed by atoms with Crippen molar-refractivity contribution >= 4 is 21.8 Å². The lowest BCUT2D eigenvalue weighted by molar-refractivity contribution is -0.137. The number of carbonyl (C=O) groups is 1. The van der Waals surface area contributed by atoms with E-state index in [9.17, 15) is 26.4 Å². The second kappa shape index (κ2) is 8.00. The number of nitrogens with one attached hydrogen (secondary N) is 2. The zero-order valence-electron chi connectivity index (χ0n) is 16.6. The Hall–Kier alpha value is -2.44. The van der Waals surface area contributed by atoms with E-state index in [1.54, 1.807) is 17.8 Å². The summed E-state index contributed by atoms with van der Waals surface area (Å²) in [4.78, 5) is 12.8. The average Bonchev–Trinajstić information content (AvgIpc) is 3.04. The largest absolute Gasteiger partial charge is 0.418 e. The van der Waals surface area contributed by atoms with Gasteiger partial charge in [0.15, 0.2) is 0 Å². The second-order valence-corrected chi connectivity index (χ2v) is 8.76. The quantitative estimate of drug-likeness (QED) is 0.756. The van der Waals surface area contributed by atoms with Crippen LogP contribution < -0.4 is 10.0 Å². The topological polar surface area (TPSA) is 96.3 Å². The van der Waals surface area contributed by atoms with E-state index in [-0.39, 0.29) is 6.42 Å². The first kappa shape index (κ1) is 22.2. The highest BCUT2D eigenvalue weighted by Gasteiger charge is 2.42.